The van der Waals surface area contributed by atoms with Gasteiger partial charge in [0, 0.05) is 25.6 Å². The van der Waals surface area contributed by atoms with Crippen LogP contribution < -0.4 is 0 Å². The highest BCUT2D eigenvalue weighted by Gasteiger charge is 2.04. The van der Waals surface area contributed by atoms with Gasteiger partial charge in [-0.25, -0.2) is 4.98 Å². The third kappa shape index (κ3) is 1.47. The van der Waals surface area contributed by atoms with Gasteiger partial charge in [-0.2, -0.15) is 5.26 Å². The molecule has 0 bridgehead atoms. The Hall–Kier alpha value is -2.16. The van der Waals surface area contributed by atoms with Crippen molar-refractivity contribution in [1.82, 2.24) is 24.5 Å². The molecule has 2 aromatic heterocycles. The number of rotatable bonds is 2. The summed E-state index contributed by atoms with van der Waals surface area (Å²) in [6.45, 7) is 0.525. The van der Waals surface area contributed by atoms with E-state index in [1.165, 1.54) is 0 Å². The molecule has 70 valence electrons. The predicted octanol–water partition coefficient (Wildman–Crippen LogP) is -0.0684. The number of aromatic nitrogens is 5. The maximum Gasteiger partial charge on any atom is 0.213 e. The molecular weight excluding hydrogens is 180 g/mol. The molecule has 0 N–H and O–H groups in total. The second-order valence-electron chi connectivity index (χ2n) is 2.87. The Morgan fingerprint density at radius 1 is 1.57 bits per heavy atom. The van der Waals surface area contributed by atoms with Crippen molar-refractivity contribution in [2.24, 2.45) is 7.05 Å². The molecule has 0 aromatic carbocycles. The van der Waals surface area contributed by atoms with E-state index in [9.17, 15) is 0 Å². The van der Waals surface area contributed by atoms with Crippen LogP contribution in [-0.4, -0.2) is 24.5 Å². The van der Waals surface area contributed by atoms with Gasteiger partial charge in [0.05, 0.1) is 6.54 Å². The van der Waals surface area contributed by atoms with Gasteiger partial charge in [0.25, 0.3) is 0 Å². The van der Waals surface area contributed by atoms with Crippen LogP contribution in [0.4, 0.5) is 0 Å². The Morgan fingerprint density at radius 2 is 2.43 bits per heavy atom. The largest absolute Gasteiger partial charge is 0.317 e. The quantitative estimate of drug-likeness (QED) is 0.661. The normalized spacial score (nSPS) is 10.0. The number of aryl methyl sites for hydroxylation is 1. The molecule has 0 aliphatic heterocycles. The number of imidazole rings is 1. The van der Waals surface area contributed by atoms with Gasteiger partial charge in [-0.3, -0.25) is 4.68 Å². The molecule has 0 amide bonds. The van der Waals surface area contributed by atoms with E-state index in [4.69, 9.17) is 5.26 Å². The van der Waals surface area contributed by atoms with Gasteiger partial charge in [0.1, 0.15) is 11.8 Å². The average molecular weight is 188 g/mol. The van der Waals surface area contributed by atoms with Gasteiger partial charge in [-0.15, -0.1) is 5.10 Å². The molecule has 0 atom stereocenters. The lowest BCUT2D eigenvalue weighted by Gasteiger charge is -1.97. The summed E-state index contributed by atoms with van der Waals surface area (Å²) >= 11 is 0. The fourth-order valence-electron chi connectivity index (χ4n) is 1.19. The highest BCUT2D eigenvalue weighted by molar-refractivity contribution is 5.12. The van der Waals surface area contributed by atoms with Crippen LogP contribution in [0.15, 0.2) is 18.6 Å². The van der Waals surface area contributed by atoms with Crippen molar-refractivity contribution >= 4 is 0 Å². The van der Waals surface area contributed by atoms with Crippen LogP contribution >= 0.6 is 0 Å². The molecule has 0 fully saturated rings. The second kappa shape index (κ2) is 3.30. The number of nitriles is 1. The third-order valence-corrected chi connectivity index (χ3v) is 1.80. The molecule has 0 spiro atoms. The van der Waals surface area contributed by atoms with Crippen LogP contribution in [-0.2, 0) is 13.6 Å². The molecule has 0 saturated heterocycles. The highest BCUT2D eigenvalue weighted by atomic mass is 15.4. The van der Waals surface area contributed by atoms with Crippen LogP contribution in [0, 0.1) is 11.3 Å². The van der Waals surface area contributed by atoms with E-state index in [0.717, 1.165) is 5.69 Å². The minimum absolute atomic E-state index is 0.385. The Bertz CT molecular complexity index is 474. The summed E-state index contributed by atoms with van der Waals surface area (Å²) in [5, 5.41) is 16.4. The van der Waals surface area contributed by atoms with Gasteiger partial charge in [0.2, 0.25) is 5.82 Å². The molecule has 2 aromatic rings. The van der Waals surface area contributed by atoms with E-state index in [2.05, 4.69) is 15.3 Å². The van der Waals surface area contributed by atoms with Crippen molar-refractivity contribution in [2.75, 3.05) is 0 Å². The standard InChI is InChI=1S/C8H8N6/c1-13-5-7(11-12-13)6-14-3-2-10-8(14)4-9/h2-3,5H,6H2,1H3. The minimum atomic E-state index is 0.385. The third-order valence-electron chi connectivity index (χ3n) is 1.80. The van der Waals surface area contributed by atoms with Crippen molar-refractivity contribution in [2.45, 2.75) is 6.54 Å². The first kappa shape index (κ1) is 8.44. The highest BCUT2D eigenvalue weighted by Crippen LogP contribution is 2.00. The lowest BCUT2D eigenvalue weighted by Crippen LogP contribution is -2.01. The summed E-state index contributed by atoms with van der Waals surface area (Å²) in [7, 11) is 1.80. The van der Waals surface area contributed by atoms with E-state index in [0.29, 0.717) is 12.4 Å². The summed E-state index contributed by atoms with van der Waals surface area (Å²) in [6, 6.07) is 2.00. The van der Waals surface area contributed by atoms with Crippen molar-refractivity contribution in [3.63, 3.8) is 0 Å². The van der Waals surface area contributed by atoms with Crippen molar-refractivity contribution in [3.05, 3.63) is 30.1 Å². The fourth-order valence-corrected chi connectivity index (χ4v) is 1.19. The Labute approximate surface area is 80.4 Å². The molecule has 0 aliphatic carbocycles. The first-order valence-corrected chi connectivity index (χ1v) is 4.06. The molecule has 0 aliphatic rings. The SMILES string of the molecule is Cn1cc(Cn2ccnc2C#N)nn1. The lowest BCUT2D eigenvalue weighted by molar-refractivity contribution is 0.708. The summed E-state index contributed by atoms with van der Waals surface area (Å²) in [5.74, 6) is 0.385. The van der Waals surface area contributed by atoms with Gasteiger partial charge >= 0.3 is 0 Å². The zero-order valence-electron chi connectivity index (χ0n) is 7.62. The van der Waals surface area contributed by atoms with E-state index in [1.54, 1.807) is 34.9 Å². The van der Waals surface area contributed by atoms with Gasteiger partial charge in [0.15, 0.2) is 0 Å². The Kier molecular flexibility index (Phi) is 1.99. The molecule has 6 heteroatoms. The van der Waals surface area contributed by atoms with E-state index in [-0.39, 0.29) is 0 Å². The first-order chi connectivity index (χ1) is 6.79. The average Bonchev–Trinajstić information content (AvgIpc) is 2.76. The van der Waals surface area contributed by atoms with E-state index < -0.39 is 0 Å². The molecule has 0 radical (unpaired) electrons. The predicted molar refractivity (Wildman–Crippen MR) is 47.0 cm³/mol. The maximum atomic E-state index is 8.72. The van der Waals surface area contributed by atoms with Crippen molar-refractivity contribution in [1.29, 1.82) is 5.26 Å². The maximum absolute atomic E-state index is 8.72. The molecule has 14 heavy (non-hydrogen) atoms. The number of nitrogens with zero attached hydrogens (tertiary/aromatic N) is 6. The molecule has 0 unspecified atom stereocenters. The summed E-state index contributed by atoms with van der Waals surface area (Å²) in [4.78, 5) is 3.88. The van der Waals surface area contributed by atoms with E-state index in [1.807, 2.05) is 6.07 Å². The number of hydrogen-bond donors (Lipinski definition) is 0. The number of hydrogen-bond acceptors (Lipinski definition) is 4. The Morgan fingerprint density at radius 3 is 3.07 bits per heavy atom. The fraction of sp³-hybridized carbons (Fsp3) is 0.250. The Balaban J connectivity index is 2.23. The molecular formula is C8H8N6. The molecule has 0 saturated carbocycles. The zero-order chi connectivity index (χ0) is 9.97. The molecule has 2 rings (SSSR count). The van der Waals surface area contributed by atoms with Crippen molar-refractivity contribution < 1.29 is 0 Å². The summed E-state index contributed by atoms with van der Waals surface area (Å²) < 4.78 is 3.35. The molecule has 2 heterocycles. The monoisotopic (exact) mass is 188 g/mol. The second-order valence-corrected chi connectivity index (χ2v) is 2.87. The zero-order valence-corrected chi connectivity index (χ0v) is 7.62. The summed E-state index contributed by atoms with van der Waals surface area (Å²) in [6.07, 6.45) is 5.14. The van der Waals surface area contributed by atoms with Gasteiger partial charge in [-0.05, 0) is 0 Å². The van der Waals surface area contributed by atoms with Crippen LogP contribution in [0.3, 0.4) is 0 Å². The topological polar surface area (TPSA) is 72.3 Å². The van der Waals surface area contributed by atoms with Crippen LogP contribution in [0.2, 0.25) is 0 Å². The minimum Gasteiger partial charge on any atom is -0.317 e. The van der Waals surface area contributed by atoms with E-state index >= 15 is 0 Å². The van der Waals surface area contributed by atoms with Crippen LogP contribution in [0.5, 0.6) is 0 Å². The van der Waals surface area contributed by atoms with Crippen LogP contribution in [0.25, 0.3) is 0 Å². The van der Waals surface area contributed by atoms with Gasteiger partial charge in [-0.1, -0.05) is 5.21 Å². The smallest absolute Gasteiger partial charge is 0.213 e. The summed E-state index contributed by atoms with van der Waals surface area (Å²) in [5.41, 5.74) is 0.807. The lowest BCUT2D eigenvalue weighted by atomic mass is 10.4. The van der Waals surface area contributed by atoms with Crippen LogP contribution in [0.1, 0.15) is 11.5 Å². The van der Waals surface area contributed by atoms with Crippen molar-refractivity contribution in [3.8, 4) is 6.07 Å². The van der Waals surface area contributed by atoms with Gasteiger partial charge < -0.3 is 4.57 Å². The molecule has 6 nitrogen and oxygen atoms in total. The first-order valence-electron chi connectivity index (χ1n) is 4.06.